The Labute approximate surface area is 155 Å². The molecule has 1 aromatic heterocycles. The molecule has 0 aliphatic heterocycles. The second-order valence-electron chi connectivity index (χ2n) is 4.84. The Kier molecular flexibility index (Phi) is 7.22. The number of carboxylic acid groups (broad SMARTS) is 1. The molecule has 0 saturated carbocycles. The summed E-state index contributed by atoms with van der Waals surface area (Å²) in [5.74, 6) is -3.43. The van der Waals surface area contributed by atoms with Crippen LogP contribution in [0, 0.1) is 5.41 Å². The molecule has 2 rings (SSSR count). The van der Waals surface area contributed by atoms with Crippen molar-refractivity contribution >= 4 is 35.1 Å². The van der Waals surface area contributed by atoms with Crippen LogP contribution in [0.15, 0.2) is 36.5 Å². The van der Waals surface area contributed by atoms with Gasteiger partial charge in [0.15, 0.2) is 0 Å². The first kappa shape index (κ1) is 21.5. The lowest BCUT2D eigenvalue weighted by Gasteiger charge is -2.10. The van der Waals surface area contributed by atoms with Crippen molar-refractivity contribution in [1.29, 1.82) is 5.41 Å². The van der Waals surface area contributed by atoms with Gasteiger partial charge in [-0.25, -0.2) is 4.79 Å². The fourth-order valence-corrected chi connectivity index (χ4v) is 2.06. The minimum atomic E-state index is -5.08. The van der Waals surface area contributed by atoms with E-state index in [1.54, 1.807) is 22.9 Å². The number of hydrogen-bond acceptors (Lipinski definition) is 3. The Morgan fingerprint density at radius 2 is 1.65 bits per heavy atom. The molecule has 2 aromatic rings. The number of aliphatic carboxylic acids is 1. The molecule has 1 amide bonds. The average molecular weight is 410 g/mol. The predicted molar refractivity (Wildman–Crippen MR) is 88.1 cm³/mol. The first-order chi connectivity index (χ1) is 11.9. The molecule has 1 heterocycles. The van der Waals surface area contributed by atoms with Crippen LogP contribution in [0.25, 0.3) is 0 Å². The van der Waals surface area contributed by atoms with Crippen LogP contribution >= 0.6 is 23.2 Å². The molecule has 26 heavy (non-hydrogen) atoms. The Balaban J connectivity index is 0.000000412. The fraction of sp³-hybridized carbons (Fsp3) is 0.133. The van der Waals surface area contributed by atoms with E-state index in [9.17, 15) is 18.0 Å². The number of carbonyl (C=O) groups is 2. The summed E-state index contributed by atoms with van der Waals surface area (Å²) >= 11 is 11.7. The smallest absolute Gasteiger partial charge is 0.475 e. The third kappa shape index (κ3) is 6.41. The second-order valence-corrected chi connectivity index (χ2v) is 5.72. The number of aromatic nitrogens is 1. The molecular weight excluding hydrogens is 398 g/mol. The van der Waals surface area contributed by atoms with Gasteiger partial charge in [-0.2, -0.15) is 13.2 Å². The van der Waals surface area contributed by atoms with Crippen molar-refractivity contribution in [2.75, 3.05) is 0 Å². The minimum absolute atomic E-state index is 0.0341. The molecule has 0 aliphatic rings. The monoisotopic (exact) mass is 409 g/mol. The van der Waals surface area contributed by atoms with E-state index < -0.39 is 18.1 Å². The molecule has 0 atom stereocenters. The number of rotatable bonds is 3. The number of nitrogens with one attached hydrogen (secondary N) is 1. The lowest BCUT2D eigenvalue weighted by molar-refractivity contribution is -0.192. The lowest BCUT2D eigenvalue weighted by atomic mass is 10.2. The van der Waals surface area contributed by atoms with Gasteiger partial charge in [0, 0.05) is 17.8 Å². The fourth-order valence-electron chi connectivity index (χ4n) is 1.71. The van der Waals surface area contributed by atoms with Crippen molar-refractivity contribution in [1.82, 2.24) is 4.57 Å². The number of nitrogens with two attached hydrogens (primary N) is 1. The van der Waals surface area contributed by atoms with E-state index in [-0.39, 0.29) is 11.1 Å². The topological polar surface area (TPSA) is 109 Å². The molecule has 0 bridgehead atoms. The SMILES string of the molecule is N=c1c(C(N)=O)cc(Cl)cn1Cc1ccc(Cl)cc1.O=C(O)C(F)(F)F. The van der Waals surface area contributed by atoms with Crippen molar-refractivity contribution in [3.8, 4) is 0 Å². The van der Waals surface area contributed by atoms with Crippen LogP contribution in [-0.2, 0) is 11.3 Å². The van der Waals surface area contributed by atoms with E-state index in [0.29, 0.717) is 16.6 Å². The number of carbonyl (C=O) groups excluding carboxylic acids is 1. The third-order valence-electron chi connectivity index (χ3n) is 2.88. The van der Waals surface area contributed by atoms with E-state index in [2.05, 4.69) is 0 Å². The zero-order valence-electron chi connectivity index (χ0n) is 12.8. The van der Waals surface area contributed by atoms with Gasteiger partial charge in [-0.05, 0) is 23.8 Å². The summed E-state index contributed by atoms with van der Waals surface area (Å²) in [5.41, 5.74) is 6.29. The van der Waals surface area contributed by atoms with Gasteiger partial charge in [0.2, 0.25) is 0 Å². The molecule has 0 saturated heterocycles. The van der Waals surface area contributed by atoms with Crippen LogP contribution in [0.2, 0.25) is 10.0 Å². The lowest BCUT2D eigenvalue weighted by Crippen LogP contribution is -2.29. The number of amides is 1. The van der Waals surface area contributed by atoms with Crippen molar-refractivity contribution < 1.29 is 27.9 Å². The maximum atomic E-state index is 11.2. The predicted octanol–water partition coefficient (Wildman–Crippen LogP) is 3.05. The molecule has 0 aliphatic carbocycles. The highest BCUT2D eigenvalue weighted by Gasteiger charge is 2.38. The molecule has 1 aromatic carbocycles. The average Bonchev–Trinajstić information content (AvgIpc) is 2.52. The standard InChI is InChI=1S/C13H11Cl2N3O.C2HF3O2/c14-9-3-1-8(2-4-9)6-18-7-10(15)5-11(12(18)16)13(17)19;3-2(4,5)1(6)7/h1-5,7,16H,6H2,(H2,17,19);(H,6,7). The molecule has 0 unspecified atom stereocenters. The molecule has 0 spiro atoms. The second kappa shape index (κ2) is 8.72. The number of halogens is 5. The first-order valence-corrected chi connectivity index (χ1v) is 7.46. The number of primary amides is 1. The van der Waals surface area contributed by atoms with Crippen LogP contribution < -0.4 is 11.2 Å². The van der Waals surface area contributed by atoms with E-state index in [1.807, 2.05) is 12.1 Å². The Bertz CT molecular complexity index is 865. The van der Waals surface area contributed by atoms with Gasteiger partial charge >= 0.3 is 12.1 Å². The molecule has 0 radical (unpaired) electrons. The van der Waals surface area contributed by atoms with Crippen molar-refractivity contribution in [2.24, 2.45) is 5.73 Å². The van der Waals surface area contributed by atoms with Gasteiger partial charge in [0.05, 0.1) is 10.6 Å². The number of nitrogens with zero attached hydrogens (tertiary/aromatic N) is 1. The van der Waals surface area contributed by atoms with E-state index in [4.69, 9.17) is 44.2 Å². The molecule has 4 N–H and O–H groups in total. The molecule has 6 nitrogen and oxygen atoms in total. The quantitative estimate of drug-likeness (QED) is 0.724. The highest BCUT2D eigenvalue weighted by atomic mass is 35.5. The minimum Gasteiger partial charge on any atom is -0.475 e. The van der Waals surface area contributed by atoms with Crippen LogP contribution in [0.3, 0.4) is 0 Å². The zero-order chi connectivity index (χ0) is 20.1. The maximum absolute atomic E-state index is 11.2. The summed E-state index contributed by atoms with van der Waals surface area (Å²) in [6.45, 7) is 0.414. The maximum Gasteiger partial charge on any atom is 0.490 e. The van der Waals surface area contributed by atoms with E-state index in [1.165, 1.54) is 6.07 Å². The van der Waals surface area contributed by atoms with Crippen molar-refractivity contribution in [2.45, 2.75) is 12.7 Å². The summed E-state index contributed by atoms with van der Waals surface area (Å²) < 4.78 is 33.3. The van der Waals surface area contributed by atoms with Crippen molar-refractivity contribution in [3.63, 3.8) is 0 Å². The number of hydrogen-bond donors (Lipinski definition) is 3. The molecular formula is C15H12Cl2F3N3O3. The summed E-state index contributed by atoms with van der Waals surface area (Å²) in [6.07, 6.45) is -3.50. The molecule has 0 fully saturated rings. The number of pyridine rings is 1. The molecule has 140 valence electrons. The Morgan fingerprint density at radius 1 is 1.15 bits per heavy atom. The van der Waals surface area contributed by atoms with E-state index in [0.717, 1.165) is 5.56 Å². The largest absolute Gasteiger partial charge is 0.490 e. The summed E-state index contributed by atoms with van der Waals surface area (Å²) in [6, 6.07) is 8.62. The van der Waals surface area contributed by atoms with Crippen molar-refractivity contribution in [3.05, 3.63) is 63.2 Å². The van der Waals surface area contributed by atoms with Crippen LogP contribution in [0.1, 0.15) is 15.9 Å². The van der Waals surface area contributed by atoms with Gasteiger partial charge < -0.3 is 15.4 Å². The van der Waals surface area contributed by atoms with Gasteiger partial charge in [-0.15, -0.1) is 0 Å². The Morgan fingerprint density at radius 3 is 2.08 bits per heavy atom. The van der Waals surface area contributed by atoms with Crippen LogP contribution in [-0.4, -0.2) is 27.7 Å². The van der Waals surface area contributed by atoms with Gasteiger partial charge in [0.1, 0.15) is 5.49 Å². The van der Waals surface area contributed by atoms with Gasteiger partial charge in [-0.3, -0.25) is 10.2 Å². The highest BCUT2D eigenvalue weighted by molar-refractivity contribution is 6.31. The van der Waals surface area contributed by atoms with Crippen LogP contribution in [0.4, 0.5) is 13.2 Å². The number of alkyl halides is 3. The summed E-state index contributed by atoms with van der Waals surface area (Å²) in [4.78, 5) is 20.1. The third-order valence-corrected chi connectivity index (χ3v) is 3.34. The van der Waals surface area contributed by atoms with Gasteiger partial charge in [-0.1, -0.05) is 35.3 Å². The zero-order valence-corrected chi connectivity index (χ0v) is 14.4. The Hall–Kier alpha value is -2.52. The van der Waals surface area contributed by atoms with Gasteiger partial charge in [0.25, 0.3) is 5.91 Å². The highest BCUT2D eigenvalue weighted by Crippen LogP contribution is 2.13. The molecule has 11 heteroatoms. The van der Waals surface area contributed by atoms with Crippen LogP contribution in [0.5, 0.6) is 0 Å². The summed E-state index contributed by atoms with van der Waals surface area (Å²) in [7, 11) is 0. The number of benzene rings is 1. The summed E-state index contributed by atoms with van der Waals surface area (Å²) in [5, 5.41) is 16.1. The number of carboxylic acids is 1. The normalized spacial score (nSPS) is 10.7. The van der Waals surface area contributed by atoms with E-state index >= 15 is 0 Å². The first-order valence-electron chi connectivity index (χ1n) is 6.70.